The molecule has 0 aliphatic carbocycles. The van der Waals surface area contributed by atoms with Crippen molar-refractivity contribution in [3.63, 3.8) is 0 Å². The van der Waals surface area contributed by atoms with Gasteiger partial charge in [-0.1, -0.05) is 44.5 Å². The number of fused-ring (bicyclic) bond motifs is 1. The van der Waals surface area contributed by atoms with Gasteiger partial charge in [-0.25, -0.2) is 15.2 Å². The number of aromatic nitrogens is 2. The van der Waals surface area contributed by atoms with Gasteiger partial charge in [-0.3, -0.25) is 4.79 Å². The van der Waals surface area contributed by atoms with Crippen LogP contribution in [0.2, 0.25) is 0 Å². The summed E-state index contributed by atoms with van der Waals surface area (Å²) in [4.78, 5) is 22.1. The summed E-state index contributed by atoms with van der Waals surface area (Å²) in [5.41, 5.74) is 3.79. The third-order valence-corrected chi connectivity index (χ3v) is 9.16. The highest BCUT2D eigenvalue weighted by Crippen LogP contribution is 2.28. The van der Waals surface area contributed by atoms with Gasteiger partial charge in [-0.15, -0.1) is 0 Å². The Balaban J connectivity index is 0.000000381. The number of halogens is 4. The fourth-order valence-electron chi connectivity index (χ4n) is 6.29. The predicted molar refractivity (Wildman–Crippen MR) is 209 cm³/mol. The number of imidazole rings is 1. The van der Waals surface area contributed by atoms with Gasteiger partial charge >= 0.3 is 6.18 Å². The minimum absolute atomic E-state index is 0.0523. The highest BCUT2D eigenvalue weighted by atomic mass is 19.4. The minimum atomic E-state index is -4.08. The Hall–Kier alpha value is -4.69. The van der Waals surface area contributed by atoms with Crippen LogP contribution in [0, 0.1) is 12.7 Å². The molecule has 54 heavy (non-hydrogen) atoms. The van der Waals surface area contributed by atoms with Crippen LogP contribution in [0.15, 0.2) is 71.8 Å². The lowest BCUT2D eigenvalue weighted by atomic mass is 9.94. The molecule has 296 valence electrons. The Kier molecular flexibility index (Phi) is 17.7. The lowest BCUT2D eigenvalue weighted by Crippen LogP contribution is -2.35. The summed E-state index contributed by atoms with van der Waals surface area (Å²) < 4.78 is 57.2. The summed E-state index contributed by atoms with van der Waals surface area (Å²) in [7, 11) is 3.32. The Bertz CT molecular complexity index is 1750. The number of hydrogen-bond acceptors (Lipinski definition) is 8. The van der Waals surface area contributed by atoms with Gasteiger partial charge in [0.25, 0.3) is 5.91 Å². The number of anilines is 1. The SMILES string of the molecule is CCCCN(CCC)CCC(CN(C)C(=O)c1cc(N(N)C/C=N\N)ccc1OC)c1ccc(F)cc1.Cc1nc2ccccc2n1CCCC(F)(F)F. The number of benzene rings is 3. The van der Waals surface area contributed by atoms with Crippen LogP contribution in [-0.2, 0) is 6.54 Å². The highest BCUT2D eigenvalue weighted by Gasteiger charge is 2.26. The molecule has 0 bridgehead atoms. The molecule has 1 amide bonds. The van der Waals surface area contributed by atoms with Gasteiger partial charge in [-0.05, 0) is 100 Å². The second-order valence-electron chi connectivity index (χ2n) is 13.3. The van der Waals surface area contributed by atoms with Crippen molar-refractivity contribution >= 4 is 28.8 Å². The third kappa shape index (κ3) is 13.6. The van der Waals surface area contributed by atoms with E-state index in [4.69, 9.17) is 16.4 Å². The molecule has 0 spiro atoms. The van der Waals surface area contributed by atoms with Gasteiger partial charge < -0.3 is 30.0 Å². The molecular weight excluding hydrogens is 700 g/mol. The number of para-hydroxylation sites is 2. The van der Waals surface area contributed by atoms with Crippen LogP contribution in [0.4, 0.5) is 23.2 Å². The van der Waals surface area contributed by atoms with E-state index in [0.29, 0.717) is 36.6 Å². The van der Waals surface area contributed by atoms with Crippen molar-refractivity contribution in [3.8, 4) is 5.75 Å². The zero-order chi connectivity index (χ0) is 39.7. The predicted octanol–water partition coefficient (Wildman–Crippen LogP) is 7.90. The molecule has 0 saturated heterocycles. The quantitative estimate of drug-likeness (QED) is 0.0432. The van der Waals surface area contributed by atoms with Crippen LogP contribution >= 0.6 is 0 Å². The monoisotopic (exact) mass is 756 g/mol. The number of carbonyl (C=O) groups excluding carboxylic acids is 1. The van der Waals surface area contributed by atoms with E-state index in [-0.39, 0.29) is 24.1 Å². The van der Waals surface area contributed by atoms with E-state index in [1.54, 1.807) is 30.1 Å². The normalized spacial score (nSPS) is 12.2. The van der Waals surface area contributed by atoms with E-state index in [9.17, 15) is 22.4 Å². The molecule has 0 aliphatic heterocycles. The number of rotatable bonds is 19. The molecule has 1 heterocycles. The minimum Gasteiger partial charge on any atom is -0.496 e. The summed E-state index contributed by atoms with van der Waals surface area (Å²) >= 11 is 0. The number of methoxy groups -OCH3 is 1. The largest absolute Gasteiger partial charge is 0.496 e. The summed E-state index contributed by atoms with van der Waals surface area (Å²) in [5.74, 6) is 12.1. The summed E-state index contributed by atoms with van der Waals surface area (Å²) in [6.07, 6.45) is 0.999. The van der Waals surface area contributed by atoms with Gasteiger partial charge in [0.15, 0.2) is 0 Å². The van der Waals surface area contributed by atoms with Gasteiger partial charge in [0, 0.05) is 38.7 Å². The molecular formula is C40H56F4N8O2. The number of hydrogen-bond donors (Lipinski definition) is 2. The first-order valence-electron chi connectivity index (χ1n) is 18.5. The molecule has 10 nitrogen and oxygen atoms in total. The van der Waals surface area contributed by atoms with Crippen LogP contribution in [0.3, 0.4) is 0 Å². The smallest absolute Gasteiger partial charge is 0.389 e. The van der Waals surface area contributed by atoms with Crippen LogP contribution < -0.4 is 21.4 Å². The summed E-state index contributed by atoms with van der Waals surface area (Å²) in [5, 5.41) is 4.92. The molecule has 4 aromatic rings. The van der Waals surface area contributed by atoms with E-state index in [2.05, 4.69) is 28.8 Å². The number of nitrogens with zero attached hydrogens (tertiary/aromatic N) is 6. The van der Waals surface area contributed by atoms with Crippen molar-refractivity contribution in [3.05, 3.63) is 89.5 Å². The molecule has 3 aromatic carbocycles. The van der Waals surface area contributed by atoms with Gasteiger partial charge in [0.2, 0.25) is 0 Å². The second kappa shape index (κ2) is 21.9. The average molecular weight is 757 g/mol. The number of hydrazine groups is 1. The van der Waals surface area contributed by atoms with Crippen molar-refractivity contribution in [2.75, 3.05) is 51.9 Å². The van der Waals surface area contributed by atoms with Crippen LogP contribution in [0.1, 0.15) is 80.0 Å². The van der Waals surface area contributed by atoms with Crippen molar-refractivity contribution in [2.24, 2.45) is 16.8 Å². The molecule has 14 heteroatoms. The van der Waals surface area contributed by atoms with E-state index in [1.807, 2.05) is 47.9 Å². The number of likely N-dealkylation sites (N-methyl/N-ethyl adjacent to an activating group) is 1. The lowest BCUT2D eigenvalue weighted by Gasteiger charge is -2.28. The molecule has 0 aliphatic rings. The number of ether oxygens (including phenoxy) is 1. The Morgan fingerprint density at radius 2 is 1.74 bits per heavy atom. The topological polar surface area (TPSA) is 118 Å². The van der Waals surface area contributed by atoms with Crippen molar-refractivity contribution in [1.29, 1.82) is 0 Å². The fourth-order valence-corrected chi connectivity index (χ4v) is 6.29. The number of unbranched alkanes of at least 4 members (excludes halogenated alkanes) is 1. The highest BCUT2D eigenvalue weighted by molar-refractivity contribution is 5.98. The van der Waals surface area contributed by atoms with Gasteiger partial charge in [-0.2, -0.15) is 18.3 Å². The van der Waals surface area contributed by atoms with E-state index >= 15 is 0 Å². The Morgan fingerprint density at radius 1 is 1.02 bits per heavy atom. The van der Waals surface area contributed by atoms with Crippen molar-refractivity contribution in [1.82, 2.24) is 19.4 Å². The molecule has 4 rings (SSSR count). The maximum atomic E-state index is 13.7. The molecule has 4 N–H and O–H groups in total. The molecule has 0 saturated carbocycles. The van der Waals surface area contributed by atoms with Crippen LogP contribution in [0.25, 0.3) is 11.0 Å². The zero-order valence-electron chi connectivity index (χ0n) is 32.2. The number of amides is 1. The van der Waals surface area contributed by atoms with Gasteiger partial charge in [0.1, 0.15) is 17.4 Å². The third-order valence-electron chi connectivity index (χ3n) is 9.16. The zero-order valence-corrected chi connectivity index (χ0v) is 32.2. The van der Waals surface area contributed by atoms with Crippen LogP contribution in [-0.4, -0.2) is 84.5 Å². The van der Waals surface area contributed by atoms with E-state index in [1.165, 1.54) is 30.5 Å². The Labute approximate surface area is 316 Å². The second-order valence-corrected chi connectivity index (χ2v) is 13.3. The molecule has 0 fully saturated rings. The molecule has 1 aromatic heterocycles. The molecule has 1 atom stereocenters. The first kappa shape index (κ1) is 43.7. The standard InChI is InChI=1S/C28H43FN6O2.C12H13F3N2/c1-5-7-17-34(16-6-2)18-14-23(22-8-10-24(29)11-9-22)21-33(3)28(36)26-20-25(12-13-27(26)37-4)35(31)19-15-32-30;1-9-16-10-5-2-3-6-11(10)17(9)8-4-7-12(13,14)15/h8-13,15,20,23H,5-7,14,16-19,21,30-31H2,1-4H3;2-3,5-6H,4,7-8H2,1H3/b32-15-;. The van der Waals surface area contributed by atoms with Crippen molar-refractivity contribution < 1.29 is 27.1 Å². The van der Waals surface area contributed by atoms with E-state index < -0.39 is 12.6 Å². The first-order valence-corrected chi connectivity index (χ1v) is 18.5. The summed E-state index contributed by atoms with van der Waals surface area (Å²) in [6, 6.07) is 19.3. The van der Waals surface area contributed by atoms with Crippen LogP contribution in [0.5, 0.6) is 5.75 Å². The van der Waals surface area contributed by atoms with E-state index in [0.717, 1.165) is 67.7 Å². The van der Waals surface area contributed by atoms with Gasteiger partial charge in [0.05, 0.1) is 35.9 Å². The maximum Gasteiger partial charge on any atom is 0.389 e. The number of hydrazone groups is 1. The number of nitrogens with two attached hydrogens (primary N) is 2. The maximum absolute atomic E-state index is 13.7. The number of aryl methyl sites for hydroxylation is 2. The first-order chi connectivity index (χ1) is 25.8. The lowest BCUT2D eigenvalue weighted by molar-refractivity contribution is -0.135. The average Bonchev–Trinajstić information content (AvgIpc) is 3.48. The fraction of sp³-hybridized carbons (Fsp3) is 0.475. The molecule has 1 unspecified atom stereocenters. The van der Waals surface area contributed by atoms with Crippen molar-refractivity contribution in [2.45, 2.75) is 77.9 Å². The summed E-state index contributed by atoms with van der Waals surface area (Å²) in [6.45, 7) is 10.4. The Morgan fingerprint density at radius 3 is 2.39 bits per heavy atom. The number of alkyl halides is 3. The molecule has 0 radical (unpaired) electrons. The number of carbonyl (C=O) groups is 1.